The van der Waals surface area contributed by atoms with Crippen LogP contribution in [0.4, 0.5) is 22.0 Å². The molecule has 9 heteroatoms. The van der Waals surface area contributed by atoms with Gasteiger partial charge in [0.15, 0.2) is 0 Å². The maximum atomic E-state index is 12.7. The van der Waals surface area contributed by atoms with Crippen LogP contribution in [0.1, 0.15) is 10.4 Å². The molecule has 1 aromatic rings. The normalized spacial score (nSPS) is 12.4. The fourth-order valence-electron chi connectivity index (χ4n) is 1.03. The molecule has 0 bridgehead atoms. The van der Waals surface area contributed by atoms with Gasteiger partial charge in [-0.3, -0.25) is 4.79 Å². The number of halogens is 7. The van der Waals surface area contributed by atoms with E-state index in [1.807, 2.05) is 0 Å². The minimum atomic E-state index is -4.99. The summed E-state index contributed by atoms with van der Waals surface area (Å²) in [5.74, 6) is -2.58. The third-order valence-electron chi connectivity index (χ3n) is 1.67. The molecule has 0 aliphatic heterocycles. The molecule has 0 N–H and O–H groups in total. The number of hydrogen-bond acceptors (Lipinski definition) is 2. The van der Waals surface area contributed by atoms with E-state index in [1.165, 1.54) is 0 Å². The van der Waals surface area contributed by atoms with E-state index in [9.17, 15) is 26.7 Å². The second-order valence-electron chi connectivity index (χ2n) is 3.02. The van der Waals surface area contributed by atoms with Gasteiger partial charge in [0.25, 0.3) is 0 Å². The van der Waals surface area contributed by atoms with Crippen molar-refractivity contribution in [2.75, 3.05) is 0 Å². The summed E-state index contributed by atoms with van der Waals surface area (Å²) in [6.07, 6.45) is -4.99. The van der Waals surface area contributed by atoms with Crippen molar-refractivity contribution in [3.63, 3.8) is 0 Å². The van der Waals surface area contributed by atoms with Crippen LogP contribution >= 0.6 is 27.5 Å². The van der Waals surface area contributed by atoms with Crippen molar-refractivity contribution in [1.29, 1.82) is 0 Å². The second kappa shape index (κ2) is 5.00. The summed E-state index contributed by atoms with van der Waals surface area (Å²) in [6, 6.07) is 2.15. The molecular weight excluding hydrogens is 350 g/mol. The van der Waals surface area contributed by atoms with Crippen LogP contribution < -0.4 is 4.74 Å². The zero-order valence-electron chi connectivity index (χ0n) is 8.19. The Kier molecular flexibility index (Phi) is 4.22. The quantitative estimate of drug-likeness (QED) is 0.457. The van der Waals surface area contributed by atoms with Gasteiger partial charge >= 0.3 is 11.2 Å². The molecule has 0 saturated carbocycles. The van der Waals surface area contributed by atoms with Crippen LogP contribution in [-0.2, 0) is 0 Å². The van der Waals surface area contributed by atoms with Crippen LogP contribution in [0.3, 0.4) is 0 Å². The third kappa shape index (κ3) is 4.09. The molecule has 0 saturated heterocycles. The fourth-order valence-corrected chi connectivity index (χ4v) is 1.45. The van der Waals surface area contributed by atoms with Crippen molar-refractivity contribution >= 4 is 33.3 Å². The predicted octanol–water partition coefficient (Wildman–Crippen LogP) is 4.41. The summed E-state index contributed by atoms with van der Waals surface area (Å²) in [6.45, 7) is 0. The molecule has 0 heterocycles. The summed E-state index contributed by atoms with van der Waals surface area (Å²) in [4.78, 5) is 7.26. The Bertz CT molecular complexity index is 469. The van der Waals surface area contributed by atoms with E-state index < -0.39 is 33.3 Å². The second-order valence-corrected chi connectivity index (χ2v) is 4.42. The lowest BCUT2D eigenvalue weighted by atomic mass is 10.1. The fraction of sp³-hybridized carbons (Fsp3) is 0.222. The molecule has 2 nitrogen and oxygen atoms in total. The van der Waals surface area contributed by atoms with Gasteiger partial charge in [0, 0.05) is 5.56 Å². The van der Waals surface area contributed by atoms with Crippen LogP contribution in [0.5, 0.6) is 5.75 Å². The lowest BCUT2D eigenvalue weighted by Gasteiger charge is -2.12. The van der Waals surface area contributed by atoms with Crippen molar-refractivity contribution in [2.24, 2.45) is 0 Å². The number of carbonyl (C=O) groups excluding carboxylic acids is 1. The number of ether oxygens (including phenoxy) is 1. The minimum Gasteiger partial charge on any atom is -0.406 e. The first-order valence-corrected chi connectivity index (χ1v) is 5.34. The molecule has 18 heavy (non-hydrogen) atoms. The van der Waals surface area contributed by atoms with E-state index in [2.05, 4.69) is 4.74 Å². The van der Waals surface area contributed by atoms with Gasteiger partial charge in [0.2, 0.25) is 5.78 Å². The largest absolute Gasteiger partial charge is 0.573 e. The number of rotatable bonds is 3. The zero-order valence-corrected chi connectivity index (χ0v) is 10.5. The highest BCUT2D eigenvalue weighted by Crippen LogP contribution is 2.33. The first-order valence-electron chi connectivity index (χ1n) is 4.17. The highest BCUT2D eigenvalue weighted by atomic mass is 79.9. The highest BCUT2D eigenvalue weighted by Gasteiger charge is 2.38. The van der Waals surface area contributed by atoms with E-state index in [0.29, 0.717) is 6.07 Å². The predicted molar refractivity (Wildman–Crippen MR) is 56.3 cm³/mol. The Morgan fingerprint density at radius 3 is 2.22 bits per heavy atom. The first-order chi connectivity index (χ1) is 8.00. The molecule has 100 valence electrons. The molecule has 0 aliphatic carbocycles. The van der Waals surface area contributed by atoms with Gasteiger partial charge in [-0.25, -0.2) is 0 Å². The molecule has 0 amide bonds. The smallest absolute Gasteiger partial charge is 0.406 e. The molecule has 0 fully saturated rings. The Morgan fingerprint density at radius 2 is 1.78 bits per heavy atom. The van der Waals surface area contributed by atoms with Gasteiger partial charge in [-0.2, -0.15) is 8.78 Å². The first kappa shape index (κ1) is 15.2. The molecule has 0 aliphatic rings. The highest BCUT2D eigenvalue weighted by molar-refractivity contribution is 9.10. The number of Topliss-reactive ketones (excluding diaryl/α,β-unsaturated/α-hetero) is 1. The Hall–Kier alpha value is -0.890. The molecule has 0 radical (unpaired) electrons. The van der Waals surface area contributed by atoms with Crippen molar-refractivity contribution in [2.45, 2.75) is 11.2 Å². The number of carbonyl (C=O) groups is 1. The summed E-state index contributed by atoms with van der Waals surface area (Å²) >= 11 is 7.25. The van der Waals surface area contributed by atoms with Gasteiger partial charge in [0.05, 0.1) is 5.02 Å². The lowest BCUT2D eigenvalue weighted by molar-refractivity contribution is -0.274. The molecule has 1 aromatic carbocycles. The van der Waals surface area contributed by atoms with Gasteiger partial charge in [-0.05, 0) is 34.1 Å². The van der Waals surface area contributed by atoms with E-state index in [-0.39, 0.29) is 0 Å². The summed E-state index contributed by atoms with van der Waals surface area (Å²) in [5.41, 5.74) is -0.778. The van der Waals surface area contributed by atoms with Crippen molar-refractivity contribution in [3.05, 3.63) is 28.8 Å². The topological polar surface area (TPSA) is 26.3 Å². The Labute approximate surface area is 111 Å². The lowest BCUT2D eigenvalue weighted by Crippen LogP contribution is -2.22. The summed E-state index contributed by atoms with van der Waals surface area (Å²) in [7, 11) is 0. The Morgan fingerprint density at radius 1 is 1.22 bits per heavy atom. The molecule has 0 aromatic heterocycles. The van der Waals surface area contributed by atoms with Crippen LogP contribution in [-0.4, -0.2) is 17.0 Å². The molecular formula is C9H3BrClF5O2. The average molecular weight is 353 g/mol. The Balaban J connectivity index is 3.14. The van der Waals surface area contributed by atoms with Gasteiger partial charge < -0.3 is 4.74 Å². The number of alkyl halides is 6. The SMILES string of the molecule is O=C(c1cc(OC(F)(F)F)ccc1Cl)C(F)(F)Br. The van der Waals surface area contributed by atoms with E-state index in [0.717, 1.165) is 12.1 Å². The van der Waals surface area contributed by atoms with Crippen LogP contribution in [0.25, 0.3) is 0 Å². The molecule has 0 atom stereocenters. The van der Waals surface area contributed by atoms with Gasteiger partial charge in [0.1, 0.15) is 5.75 Å². The molecule has 0 spiro atoms. The van der Waals surface area contributed by atoms with Crippen LogP contribution in [0.15, 0.2) is 18.2 Å². The van der Waals surface area contributed by atoms with E-state index in [1.54, 1.807) is 15.9 Å². The summed E-state index contributed by atoms with van der Waals surface area (Å²) < 4.78 is 64.6. The summed E-state index contributed by atoms with van der Waals surface area (Å²) in [5, 5.41) is -0.409. The average Bonchev–Trinajstić information content (AvgIpc) is 2.16. The number of benzene rings is 1. The third-order valence-corrected chi connectivity index (χ3v) is 2.36. The van der Waals surface area contributed by atoms with Crippen LogP contribution in [0.2, 0.25) is 5.02 Å². The zero-order chi connectivity index (χ0) is 14.1. The van der Waals surface area contributed by atoms with Gasteiger partial charge in [-0.15, -0.1) is 13.2 Å². The van der Waals surface area contributed by atoms with E-state index in [4.69, 9.17) is 11.6 Å². The number of hydrogen-bond donors (Lipinski definition) is 0. The van der Waals surface area contributed by atoms with Crippen LogP contribution in [0, 0.1) is 0 Å². The van der Waals surface area contributed by atoms with Crippen molar-refractivity contribution in [3.8, 4) is 5.75 Å². The van der Waals surface area contributed by atoms with Gasteiger partial charge in [-0.1, -0.05) is 11.6 Å². The van der Waals surface area contributed by atoms with Crippen molar-refractivity contribution in [1.82, 2.24) is 0 Å². The van der Waals surface area contributed by atoms with Crippen molar-refractivity contribution < 1.29 is 31.5 Å². The molecule has 1 rings (SSSR count). The maximum absolute atomic E-state index is 12.7. The standard InChI is InChI=1S/C9H3BrClF5O2/c10-8(12,13)7(17)5-3-4(1-2-6(5)11)18-9(14,15)16/h1-3H. The van der Waals surface area contributed by atoms with E-state index >= 15 is 0 Å². The molecule has 0 unspecified atom stereocenters. The number of ketones is 1. The minimum absolute atomic E-state index is 0.409. The monoisotopic (exact) mass is 352 g/mol. The maximum Gasteiger partial charge on any atom is 0.573 e.